The molecule has 1 heterocycles. The summed E-state index contributed by atoms with van der Waals surface area (Å²) in [5, 5.41) is 8.93. The number of rotatable bonds is 4. The van der Waals surface area contributed by atoms with Crippen molar-refractivity contribution in [3.8, 4) is 16.9 Å². The van der Waals surface area contributed by atoms with Gasteiger partial charge in [0.25, 0.3) is 11.8 Å². The Labute approximate surface area is 185 Å². The zero-order chi connectivity index (χ0) is 22.1. The molecule has 0 saturated heterocycles. The first-order chi connectivity index (χ1) is 15.0. The van der Waals surface area contributed by atoms with E-state index in [0.717, 1.165) is 21.0 Å². The molecule has 3 aromatic rings. The van der Waals surface area contributed by atoms with Gasteiger partial charge >= 0.3 is 0 Å². The van der Waals surface area contributed by atoms with Gasteiger partial charge in [0, 0.05) is 35.0 Å². The molecule has 0 atom stereocenters. The Kier molecular flexibility index (Phi) is 5.61. The van der Waals surface area contributed by atoms with Crippen molar-refractivity contribution in [2.45, 2.75) is 16.7 Å². The Hall–Kier alpha value is -3.45. The van der Waals surface area contributed by atoms with Gasteiger partial charge in [0.2, 0.25) is 0 Å². The van der Waals surface area contributed by atoms with Gasteiger partial charge in [-0.05, 0) is 30.7 Å². The quantitative estimate of drug-likeness (QED) is 0.438. The van der Waals surface area contributed by atoms with Crippen molar-refractivity contribution in [3.05, 3.63) is 65.2 Å². The third-order valence-electron chi connectivity index (χ3n) is 5.34. The van der Waals surface area contributed by atoms with Crippen LogP contribution in [0, 0.1) is 6.92 Å². The maximum Gasteiger partial charge on any atom is 0.253 e. The largest absolute Gasteiger partial charge is 0.496 e. The van der Waals surface area contributed by atoms with Crippen LogP contribution >= 0.6 is 11.8 Å². The molecule has 0 unspecified atom stereocenters. The zero-order valence-corrected chi connectivity index (χ0v) is 18.6. The Morgan fingerprint density at radius 3 is 2.29 bits per heavy atom. The third-order valence-corrected chi connectivity index (χ3v) is 6.63. The molecule has 1 aliphatic heterocycles. The molecule has 0 spiro atoms. The highest BCUT2D eigenvalue weighted by Gasteiger charge is 2.33. The monoisotopic (exact) mass is 433 g/mol. The molecule has 6 nitrogen and oxygen atoms in total. The molecule has 3 N–H and O–H groups in total. The average Bonchev–Trinajstić information content (AvgIpc) is 2.81. The predicted molar refractivity (Wildman–Crippen MR) is 124 cm³/mol. The summed E-state index contributed by atoms with van der Waals surface area (Å²) in [6, 6.07) is 15.3. The van der Waals surface area contributed by atoms with E-state index in [1.165, 1.54) is 0 Å². The molecular formula is C24H23N3O3S. The minimum Gasteiger partial charge on any atom is -0.496 e. The van der Waals surface area contributed by atoms with Crippen molar-refractivity contribution < 1.29 is 14.3 Å². The summed E-state index contributed by atoms with van der Waals surface area (Å²) >= 11 is 1.55. The number of nitrogens with one attached hydrogen (secondary N) is 3. The minimum atomic E-state index is -0.283. The van der Waals surface area contributed by atoms with Crippen molar-refractivity contribution in [2.75, 3.05) is 26.5 Å². The lowest BCUT2D eigenvalue weighted by Crippen LogP contribution is -2.26. The molecule has 0 saturated carbocycles. The Balaban J connectivity index is 2.14. The average molecular weight is 434 g/mol. The van der Waals surface area contributed by atoms with E-state index in [1.54, 1.807) is 33.0 Å². The van der Waals surface area contributed by atoms with Gasteiger partial charge in [0.1, 0.15) is 5.75 Å². The van der Waals surface area contributed by atoms with Gasteiger partial charge < -0.3 is 20.7 Å². The Morgan fingerprint density at radius 2 is 1.58 bits per heavy atom. The first-order valence-electron chi connectivity index (χ1n) is 9.83. The number of carbonyl (C=O) groups is 2. The van der Waals surface area contributed by atoms with Crippen LogP contribution in [0.2, 0.25) is 0 Å². The van der Waals surface area contributed by atoms with Crippen molar-refractivity contribution in [1.29, 1.82) is 0 Å². The number of methoxy groups -OCH3 is 1. The van der Waals surface area contributed by atoms with Crippen molar-refractivity contribution in [2.24, 2.45) is 0 Å². The third kappa shape index (κ3) is 3.41. The second-order valence-electron chi connectivity index (χ2n) is 7.04. The molecule has 7 heteroatoms. The number of amides is 2. The Morgan fingerprint density at radius 1 is 0.935 bits per heavy atom. The van der Waals surface area contributed by atoms with E-state index in [9.17, 15) is 9.59 Å². The normalized spacial score (nSPS) is 11.6. The number of ether oxygens (including phenoxy) is 1. The van der Waals surface area contributed by atoms with Gasteiger partial charge in [-0.25, -0.2) is 0 Å². The molecule has 1 aliphatic rings. The first-order valence-corrected chi connectivity index (χ1v) is 10.7. The molecule has 0 aromatic heterocycles. The van der Waals surface area contributed by atoms with Crippen LogP contribution in [0.1, 0.15) is 26.3 Å². The zero-order valence-electron chi connectivity index (χ0n) is 17.8. The number of carbonyl (C=O) groups excluding carboxylic acids is 2. The number of anilines is 2. The fourth-order valence-electron chi connectivity index (χ4n) is 3.88. The smallest absolute Gasteiger partial charge is 0.253 e. The number of hydrogen-bond acceptors (Lipinski definition) is 5. The predicted octanol–water partition coefficient (Wildman–Crippen LogP) is 4.60. The highest BCUT2D eigenvalue weighted by Crippen LogP contribution is 2.51. The van der Waals surface area contributed by atoms with E-state index >= 15 is 0 Å². The van der Waals surface area contributed by atoms with E-state index in [0.29, 0.717) is 33.7 Å². The van der Waals surface area contributed by atoms with E-state index < -0.39 is 0 Å². The van der Waals surface area contributed by atoms with Crippen molar-refractivity contribution in [1.82, 2.24) is 10.6 Å². The fourth-order valence-corrected chi connectivity index (χ4v) is 4.99. The molecule has 2 amide bonds. The van der Waals surface area contributed by atoms with Crippen LogP contribution < -0.4 is 20.7 Å². The molecule has 3 aromatic carbocycles. The lowest BCUT2D eigenvalue weighted by molar-refractivity contribution is 0.0962. The van der Waals surface area contributed by atoms with E-state index in [1.807, 2.05) is 55.5 Å². The van der Waals surface area contributed by atoms with Gasteiger partial charge in [0.15, 0.2) is 0 Å². The second kappa shape index (κ2) is 8.35. The van der Waals surface area contributed by atoms with E-state index in [4.69, 9.17) is 4.74 Å². The van der Waals surface area contributed by atoms with Gasteiger partial charge in [-0.1, -0.05) is 42.1 Å². The van der Waals surface area contributed by atoms with Gasteiger partial charge in [-0.2, -0.15) is 0 Å². The minimum absolute atomic E-state index is 0.259. The highest BCUT2D eigenvalue weighted by atomic mass is 32.2. The number of hydrogen-bond donors (Lipinski definition) is 3. The summed E-state index contributed by atoms with van der Waals surface area (Å²) in [4.78, 5) is 28.2. The van der Waals surface area contributed by atoms with Crippen LogP contribution in [0.5, 0.6) is 5.75 Å². The highest BCUT2D eigenvalue weighted by molar-refractivity contribution is 7.99. The lowest BCUT2D eigenvalue weighted by atomic mass is 9.88. The van der Waals surface area contributed by atoms with Gasteiger partial charge in [0.05, 0.1) is 29.6 Å². The maximum absolute atomic E-state index is 13.2. The molecule has 0 radical (unpaired) electrons. The summed E-state index contributed by atoms with van der Waals surface area (Å²) in [5.74, 6) is 0.0432. The van der Waals surface area contributed by atoms with Crippen molar-refractivity contribution in [3.63, 3.8) is 0 Å². The van der Waals surface area contributed by atoms with Gasteiger partial charge in [-0.3, -0.25) is 9.59 Å². The topological polar surface area (TPSA) is 79.5 Å². The molecule has 0 bridgehead atoms. The summed E-state index contributed by atoms with van der Waals surface area (Å²) < 4.78 is 5.59. The summed E-state index contributed by atoms with van der Waals surface area (Å²) in [5.41, 5.74) is 4.50. The summed E-state index contributed by atoms with van der Waals surface area (Å²) in [6.07, 6.45) is 0. The summed E-state index contributed by atoms with van der Waals surface area (Å²) in [7, 11) is 4.76. The summed E-state index contributed by atoms with van der Waals surface area (Å²) in [6.45, 7) is 1.92. The molecular weight excluding hydrogens is 410 g/mol. The molecule has 0 aliphatic carbocycles. The fraction of sp³-hybridized carbons (Fsp3) is 0.167. The Bertz CT molecular complexity index is 1210. The number of para-hydroxylation sites is 2. The second-order valence-corrected chi connectivity index (χ2v) is 8.09. The van der Waals surface area contributed by atoms with Crippen LogP contribution in [0.25, 0.3) is 11.1 Å². The standard InChI is InChI=1S/C24H23N3O3S/c1-13-18(23(28)25-2)19(14-9-5-7-11-16(14)30-4)20(24(29)26-3)21-22(13)31-17-12-8-6-10-15(17)27-21/h5-12,27H,1-4H3,(H,25,28)(H,26,29). The van der Waals surface area contributed by atoms with Crippen LogP contribution in [0.3, 0.4) is 0 Å². The lowest BCUT2D eigenvalue weighted by Gasteiger charge is -2.29. The maximum atomic E-state index is 13.2. The van der Waals surface area contributed by atoms with E-state index in [2.05, 4.69) is 16.0 Å². The molecule has 31 heavy (non-hydrogen) atoms. The van der Waals surface area contributed by atoms with Crippen molar-refractivity contribution >= 4 is 35.0 Å². The molecule has 4 rings (SSSR count). The van der Waals surface area contributed by atoms with Crippen LogP contribution in [-0.4, -0.2) is 33.0 Å². The van der Waals surface area contributed by atoms with Crippen LogP contribution in [-0.2, 0) is 0 Å². The first kappa shape index (κ1) is 20.8. The molecule has 158 valence electrons. The van der Waals surface area contributed by atoms with Crippen LogP contribution in [0.15, 0.2) is 58.3 Å². The number of benzene rings is 3. The van der Waals surface area contributed by atoms with Gasteiger partial charge in [-0.15, -0.1) is 0 Å². The van der Waals surface area contributed by atoms with E-state index in [-0.39, 0.29) is 11.8 Å². The van der Waals surface area contributed by atoms with Crippen LogP contribution in [0.4, 0.5) is 11.4 Å². The molecule has 0 fully saturated rings. The number of fused-ring (bicyclic) bond motifs is 2. The SMILES string of the molecule is CNC(=O)c1c(C)c2c(c(C(=O)NC)c1-c1ccccc1OC)Nc1ccccc1S2.